The fourth-order valence-electron chi connectivity index (χ4n) is 5.58. The second kappa shape index (κ2) is 10.4. The molecule has 0 bridgehead atoms. The molecule has 9 nitrogen and oxygen atoms in total. The van der Waals surface area contributed by atoms with Gasteiger partial charge in [-0.1, -0.05) is 12.1 Å². The van der Waals surface area contributed by atoms with Crippen molar-refractivity contribution in [1.82, 2.24) is 20.2 Å². The summed E-state index contributed by atoms with van der Waals surface area (Å²) in [5.74, 6) is -0.164. The van der Waals surface area contributed by atoms with Gasteiger partial charge >= 0.3 is 0 Å². The molecule has 5 rings (SSSR count). The number of pyridine rings is 1. The number of nitrogens with zero attached hydrogens (tertiary/aromatic N) is 3. The molecule has 2 amide bonds. The molecule has 1 saturated heterocycles. The number of H-pyrrole nitrogens is 1. The molecule has 1 aliphatic carbocycles. The molecule has 0 spiro atoms. The first-order valence-corrected chi connectivity index (χ1v) is 12.6. The smallest absolute Gasteiger partial charge is 0.271 e. The van der Waals surface area contributed by atoms with E-state index in [2.05, 4.69) is 21.4 Å². The Hall–Kier alpha value is -4.19. The maximum absolute atomic E-state index is 13.7. The number of rotatable bonds is 7. The van der Waals surface area contributed by atoms with Crippen molar-refractivity contribution in [2.45, 2.75) is 50.1 Å². The van der Waals surface area contributed by atoms with Gasteiger partial charge in [0.25, 0.3) is 5.91 Å². The number of ether oxygens (including phenoxy) is 1. The normalized spacial score (nSPS) is 22.1. The lowest BCUT2D eigenvalue weighted by Gasteiger charge is -2.25. The molecule has 2 aliphatic rings. The zero-order valence-corrected chi connectivity index (χ0v) is 20.6. The number of aromatic nitrogens is 2. The third kappa shape index (κ3) is 4.92. The van der Waals surface area contributed by atoms with Gasteiger partial charge in [0.1, 0.15) is 29.3 Å². The van der Waals surface area contributed by atoms with E-state index in [1.165, 1.54) is 0 Å². The number of carbonyl (C=O) groups is 3. The number of methoxy groups -OCH3 is 1. The Kier molecular flexibility index (Phi) is 6.91. The number of nitrogens with one attached hydrogen (secondary N) is 2. The minimum Gasteiger partial charge on any atom is -0.496 e. The van der Waals surface area contributed by atoms with Gasteiger partial charge in [-0.3, -0.25) is 19.4 Å². The number of amides is 2. The topological polar surface area (TPSA) is 128 Å². The monoisotopic (exact) mass is 499 g/mol. The van der Waals surface area contributed by atoms with Crippen LogP contribution < -0.4 is 10.1 Å². The van der Waals surface area contributed by atoms with E-state index in [9.17, 15) is 19.6 Å². The van der Waals surface area contributed by atoms with Crippen molar-refractivity contribution >= 4 is 28.5 Å². The molecule has 37 heavy (non-hydrogen) atoms. The first kappa shape index (κ1) is 24.5. The van der Waals surface area contributed by atoms with Crippen LogP contribution in [0.1, 0.15) is 54.1 Å². The van der Waals surface area contributed by atoms with Crippen molar-refractivity contribution in [1.29, 1.82) is 5.26 Å². The fraction of sp³-hybridized carbons (Fsp3) is 0.393. The molecule has 2 N–H and O–H groups in total. The lowest BCUT2D eigenvalue weighted by molar-refractivity contribution is -0.126. The highest BCUT2D eigenvalue weighted by Gasteiger charge is 2.42. The summed E-state index contributed by atoms with van der Waals surface area (Å²) >= 11 is 0. The van der Waals surface area contributed by atoms with E-state index in [0.29, 0.717) is 37.3 Å². The van der Waals surface area contributed by atoms with E-state index < -0.39 is 12.1 Å². The molecule has 0 radical (unpaired) electrons. The number of ketones is 1. The molecule has 2 aromatic heterocycles. The van der Waals surface area contributed by atoms with Gasteiger partial charge in [0, 0.05) is 48.1 Å². The van der Waals surface area contributed by atoms with Crippen molar-refractivity contribution in [3.05, 3.63) is 60.0 Å². The van der Waals surface area contributed by atoms with Crippen LogP contribution in [0.4, 0.5) is 0 Å². The van der Waals surface area contributed by atoms with E-state index >= 15 is 0 Å². The highest BCUT2D eigenvalue weighted by atomic mass is 16.5. The summed E-state index contributed by atoms with van der Waals surface area (Å²) in [7, 11) is 1.58. The second-order valence-corrected chi connectivity index (χ2v) is 9.78. The summed E-state index contributed by atoms with van der Waals surface area (Å²) < 4.78 is 5.43. The van der Waals surface area contributed by atoms with Gasteiger partial charge < -0.3 is 19.9 Å². The number of carbonyl (C=O) groups excluding carboxylic acids is 3. The standard InChI is InChI=1S/C28H29N5O4/c1-37-26-9-3-7-22-21(26)13-23(32-22)28(36)33-16-19(18-6-4-10-30-15-18)12-24(33)27(35)31-20(14-29)11-17-5-2-8-25(17)34/h3-4,6-7,9-10,13,15,17,19-20,24,32H,2,5,8,11-12,16H2,1H3,(H,31,35). The van der Waals surface area contributed by atoms with Crippen LogP contribution >= 0.6 is 0 Å². The summed E-state index contributed by atoms with van der Waals surface area (Å²) in [4.78, 5) is 48.2. The van der Waals surface area contributed by atoms with Crippen LogP contribution in [0.5, 0.6) is 5.75 Å². The van der Waals surface area contributed by atoms with Crippen LogP contribution in [-0.2, 0) is 9.59 Å². The van der Waals surface area contributed by atoms with Crippen molar-refractivity contribution in [2.24, 2.45) is 5.92 Å². The van der Waals surface area contributed by atoms with Crippen molar-refractivity contribution < 1.29 is 19.1 Å². The van der Waals surface area contributed by atoms with Gasteiger partial charge in [0.05, 0.1) is 13.2 Å². The van der Waals surface area contributed by atoms with Crippen LogP contribution in [0.3, 0.4) is 0 Å². The van der Waals surface area contributed by atoms with E-state index in [1.54, 1.807) is 30.5 Å². The van der Waals surface area contributed by atoms with Gasteiger partial charge in [-0.15, -0.1) is 0 Å². The van der Waals surface area contributed by atoms with Crippen molar-refractivity contribution in [3.8, 4) is 11.8 Å². The van der Waals surface area contributed by atoms with Gasteiger partial charge in [-0.2, -0.15) is 5.26 Å². The summed E-state index contributed by atoms with van der Waals surface area (Å²) in [6.07, 6.45) is 6.25. The number of fused-ring (bicyclic) bond motifs is 1. The van der Waals surface area contributed by atoms with E-state index in [-0.39, 0.29) is 29.4 Å². The van der Waals surface area contributed by atoms with Gasteiger partial charge in [-0.05, 0) is 55.5 Å². The number of hydrogen-bond acceptors (Lipinski definition) is 6. The Labute approximate surface area is 214 Å². The molecule has 190 valence electrons. The van der Waals surface area contributed by atoms with Crippen LogP contribution in [0.25, 0.3) is 10.9 Å². The molecule has 4 atom stereocenters. The molecular formula is C28H29N5O4. The molecular weight excluding hydrogens is 470 g/mol. The number of aromatic amines is 1. The summed E-state index contributed by atoms with van der Waals surface area (Å²) in [5.41, 5.74) is 2.07. The zero-order valence-electron chi connectivity index (χ0n) is 20.6. The summed E-state index contributed by atoms with van der Waals surface area (Å²) in [6.45, 7) is 0.341. The SMILES string of the molecule is COc1cccc2[nH]c(C(=O)N3CC(c4cccnc4)CC3C(=O)NC(C#N)CC3CCCC3=O)cc12. The summed E-state index contributed by atoms with van der Waals surface area (Å²) in [6, 6.07) is 11.6. The minimum atomic E-state index is -0.786. The Balaban J connectivity index is 1.40. The minimum absolute atomic E-state index is 0.0794. The molecule has 4 unspecified atom stereocenters. The van der Waals surface area contributed by atoms with Crippen LogP contribution in [0.2, 0.25) is 0 Å². The quantitative estimate of drug-likeness (QED) is 0.513. The average molecular weight is 500 g/mol. The molecule has 1 aliphatic heterocycles. The largest absolute Gasteiger partial charge is 0.496 e. The molecule has 1 saturated carbocycles. The Morgan fingerprint density at radius 1 is 1.32 bits per heavy atom. The van der Waals surface area contributed by atoms with E-state index in [4.69, 9.17) is 4.74 Å². The Bertz CT molecular complexity index is 1360. The second-order valence-electron chi connectivity index (χ2n) is 9.78. The molecule has 3 heterocycles. The number of nitriles is 1. The lowest BCUT2D eigenvalue weighted by atomic mass is 9.96. The van der Waals surface area contributed by atoms with Gasteiger partial charge in [0.2, 0.25) is 5.91 Å². The number of hydrogen-bond donors (Lipinski definition) is 2. The summed E-state index contributed by atoms with van der Waals surface area (Å²) in [5, 5.41) is 13.3. The van der Waals surface area contributed by atoms with Crippen molar-refractivity contribution in [3.63, 3.8) is 0 Å². The molecule has 9 heteroatoms. The predicted octanol–water partition coefficient (Wildman–Crippen LogP) is 3.34. The van der Waals surface area contributed by atoms with Crippen LogP contribution in [-0.4, -0.2) is 58.2 Å². The number of likely N-dealkylation sites (tertiary alicyclic amines) is 1. The maximum Gasteiger partial charge on any atom is 0.271 e. The Morgan fingerprint density at radius 2 is 2.19 bits per heavy atom. The third-order valence-electron chi connectivity index (χ3n) is 7.52. The molecule has 3 aromatic rings. The number of benzene rings is 1. The molecule has 1 aromatic carbocycles. The van der Waals surface area contributed by atoms with E-state index in [1.807, 2.05) is 30.3 Å². The van der Waals surface area contributed by atoms with Crippen LogP contribution in [0, 0.1) is 17.2 Å². The lowest BCUT2D eigenvalue weighted by Crippen LogP contribution is -2.49. The predicted molar refractivity (Wildman–Crippen MR) is 136 cm³/mol. The van der Waals surface area contributed by atoms with E-state index in [0.717, 1.165) is 29.3 Å². The fourth-order valence-corrected chi connectivity index (χ4v) is 5.58. The van der Waals surface area contributed by atoms with Gasteiger partial charge in [-0.25, -0.2) is 0 Å². The zero-order chi connectivity index (χ0) is 25.9. The average Bonchev–Trinajstić information content (AvgIpc) is 3.66. The highest BCUT2D eigenvalue weighted by Crippen LogP contribution is 2.34. The third-order valence-corrected chi connectivity index (χ3v) is 7.52. The Morgan fingerprint density at radius 3 is 2.89 bits per heavy atom. The maximum atomic E-state index is 13.7. The van der Waals surface area contributed by atoms with Crippen molar-refractivity contribution in [2.75, 3.05) is 13.7 Å². The first-order valence-electron chi connectivity index (χ1n) is 12.6. The van der Waals surface area contributed by atoms with Gasteiger partial charge in [0.15, 0.2) is 0 Å². The first-order chi connectivity index (χ1) is 18.0. The van der Waals surface area contributed by atoms with Crippen LogP contribution in [0.15, 0.2) is 48.8 Å². The number of Topliss-reactive ketones (excluding diaryl/α,β-unsaturated/α-hetero) is 1. The highest BCUT2D eigenvalue weighted by molar-refractivity contribution is 6.02. The molecule has 2 fully saturated rings.